The molecule has 21 heavy (non-hydrogen) atoms. The fourth-order valence-electron chi connectivity index (χ4n) is 2.23. The number of para-hydroxylation sites is 1. The van der Waals surface area contributed by atoms with E-state index in [4.69, 9.17) is 16.3 Å². The molecule has 1 aliphatic rings. The van der Waals surface area contributed by atoms with Gasteiger partial charge in [-0.05, 0) is 12.1 Å². The average molecular weight is 322 g/mol. The van der Waals surface area contributed by atoms with Gasteiger partial charge in [-0.3, -0.25) is 4.79 Å². The van der Waals surface area contributed by atoms with Crippen molar-refractivity contribution in [2.75, 3.05) is 13.1 Å². The van der Waals surface area contributed by atoms with E-state index < -0.39 is 18.5 Å². The number of ether oxygens (including phenoxy) is 1. The van der Waals surface area contributed by atoms with Gasteiger partial charge in [-0.15, -0.1) is 0 Å². The third-order valence-electron chi connectivity index (χ3n) is 3.28. The van der Waals surface area contributed by atoms with Gasteiger partial charge in [0.05, 0.1) is 5.02 Å². The highest BCUT2D eigenvalue weighted by atomic mass is 35.5. The van der Waals surface area contributed by atoms with Gasteiger partial charge in [0.15, 0.2) is 0 Å². The quantitative estimate of drug-likeness (QED) is 0.850. The third-order valence-corrected chi connectivity index (χ3v) is 3.59. The Balaban J connectivity index is 1.83. The second-order valence-electron chi connectivity index (χ2n) is 4.92. The highest BCUT2D eigenvalue weighted by Crippen LogP contribution is 2.27. The smallest absolute Gasteiger partial charge is 0.397 e. The fraction of sp³-hybridized carbons (Fsp3) is 0.500. The SMILES string of the molecule is O=C(CC(F)(F)F)N1CCC(Oc2ccccc2Cl)CC1. The van der Waals surface area contributed by atoms with E-state index >= 15 is 0 Å². The Labute approximate surface area is 125 Å². The molecule has 0 bridgehead atoms. The van der Waals surface area contributed by atoms with Crippen LogP contribution >= 0.6 is 11.6 Å². The number of carbonyl (C=O) groups excluding carboxylic acids is 1. The number of halogens is 4. The summed E-state index contributed by atoms with van der Waals surface area (Å²) in [5.74, 6) is -0.321. The van der Waals surface area contributed by atoms with Crippen molar-refractivity contribution < 1.29 is 22.7 Å². The standard InChI is InChI=1S/C14H15ClF3NO2/c15-11-3-1-2-4-12(11)21-10-5-7-19(8-6-10)13(20)9-14(16,17)18/h1-4,10H,5-9H2. The lowest BCUT2D eigenvalue weighted by atomic mass is 10.1. The minimum Gasteiger partial charge on any atom is -0.489 e. The molecule has 0 unspecified atom stereocenters. The Morgan fingerprint density at radius 3 is 2.48 bits per heavy atom. The van der Waals surface area contributed by atoms with Gasteiger partial charge in [-0.2, -0.15) is 13.2 Å². The summed E-state index contributed by atoms with van der Waals surface area (Å²) in [5.41, 5.74) is 0. The molecule has 0 aromatic heterocycles. The lowest BCUT2D eigenvalue weighted by Gasteiger charge is -2.32. The molecular weight excluding hydrogens is 307 g/mol. The van der Waals surface area contributed by atoms with Crippen molar-refractivity contribution in [1.82, 2.24) is 4.90 Å². The predicted molar refractivity (Wildman–Crippen MR) is 72.4 cm³/mol. The molecule has 2 rings (SSSR count). The molecule has 1 aromatic rings. The Morgan fingerprint density at radius 2 is 1.90 bits per heavy atom. The highest BCUT2D eigenvalue weighted by molar-refractivity contribution is 6.32. The summed E-state index contributed by atoms with van der Waals surface area (Å²) >= 11 is 5.98. The monoisotopic (exact) mass is 321 g/mol. The van der Waals surface area contributed by atoms with Crippen molar-refractivity contribution >= 4 is 17.5 Å². The van der Waals surface area contributed by atoms with Crippen molar-refractivity contribution in [2.24, 2.45) is 0 Å². The zero-order valence-electron chi connectivity index (χ0n) is 11.2. The van der Waals surface area contributed by atoms with Gasteiger partial charge < -0.3 is 9.64 Å². The Morgan fingerprint density at radius 1 is 1.29 bits per heavy atom. The number of carbonyl (C=O) groups is 1. The second kappa shape index (κ2) is 6.56. The number of nitrogens with zero attached hydrogens (tertiary/aromatic N) is 1. The number of piperidine rings is 1. The van der Waals surface area contributed by atoms with E-state index in [2.05, 4.69) is 0 Å². The molecule has 1 heterocycles. The highest BCUT2D eigenvalue weighted by Gasteiger charge is 2.34. The fourth-order valence-corrected chi connectivity index (χ4v) is 2.41. The van der Waals surface area contributed by atoms with Crippen LogP contribution < -0.4 is 4.74 Å². The van der Waals surface area contributed by atoms with Crippen molar-refractivity contribution in [2.45, 2.75) is 31.5 Å². The van der Waals surface area contributed by atoms with E-state index in [0.717, 1.165) is 0 Å². The molecule has 0 atom stereocenters. The third kappa shape index (κ3) is 4.81. The van der Waals surface area contributed by atoms with Crippen molar-refractivity contribution in [3.63, 3.8) is 0 Å². The van der Waals surface area contributed by atoms with Gasteiger partial charge in [0.2, 0.25) is 5.91 Å². The van der Waals surface area contributed by atoms with Crippen LogP contribution in [-0.2, 0) is 4.79 Å². The van der Waals surface area contributed by atoms with Gasteiger partial charge >= 0.3 is 6.18 Å². The van der Waals surface area contributed by atoms with E-state index in [0.29, 0.717) is 23.6 Å². The van der Waals surface area contributed by atoms with Gasteiger partial charge in [-0.25, -0.2) is 0 Å². The Hall–Kier alpha value is -1.43. The van der Waals surface area contributed by atoms with E-state index in [1.165, 1.54) is 4.90 Å². The minimum absolute atomic E-state index is 0.139. The summed E-state index contributed by atoms with van der Waals surface area (Å²) in [6, 6.07) is 7.03. The molecule has 1 fully saturated rings. The molecule has 1 amide bonds. The second-order valence-corrected chi connectivity index (χ2v) is 5.33. The van der Waals surface area contributed by atoms with E-state index in [1.54, 1.807) is 24.3 Å². The first kappa shape index (κ1) is 15.9. The van der Waals surface area contributed by atoms with E-state index in [9.17, 15) is 18.0 Å². The number of likely N-dealkylation sites (tertiary alicyclic amines) is 1. The molecule has 0 spiro atoms. The zero-order valence-corrected chi connectivity index (χ0v) is 12.0. The van der Waals surface area contributed by atoms with Crippen molar-refractivity contribution in [3.8, 4) is 5.75 Å². The van der Waals surface area contributed by atoms with E-state index in [1.807, 2.05) is 0 Å². The first-order valence-corrected chi connectivity index (χ1v) is 6.98. The van der Waals surface area contributed by atoms with E-state index in [-0.39, 0.29) is 19.2 Å². The maximum atomic E-state index is 12.2. The zero-order chi connectivity index (χ0) is 15.5. The number of alkyl halides is 3. The van der Waals surface area contributed by atoms with Crippen LogP contribution in [0.5, 0.6) is 5.75 Å². The lowest BCUT2D eigenvalue weighted by Crippen LogP contribution is -2.43. The number of benzene rings is 1. The Bertz CT molecular complexity index is 499. The molecule has 1 aliphatic heterocycles. The largest absolute Gasteiger partial charge is 0.489 e. The number of hydrogen-bond donors (Lipinski definition) is 0. The Kier molecular flexibility index (Phi) is 4.98. The van der Waals surface area contributed by atoms with Gasteiger partial charge in [0, 0.05) is 25.9 Å². The maximum absolute atomic E-state index is 12.2. The molecule has 3 nitrogen and oxygen atoms in total. The molecule has 116 valence electrons. The summed E-state index contributed by atoms with van der Waals surface area (Å²) in [6.07, 6.45) is -5.01. The first-order chi connectivity index (χ1) is 9.85. The van der Waals surface area contributed by atoms with Gasteiger partial charge in [0.1, 0.15) is 18.3 Å². The van der Waals surface area contributed by atoms with Crippen LogP contribution in [0.15, 0.2) is 24.3 Å². The molecule has 1 saturated heterocycles. The van der Waals surface area contributed by atoms with Crippen LogP contribution in [0, 0.1) is 0 Å². The normalized spacial score (nSPS) is 16.9. The topological polar surface area (TPSA) is 29.5 Å². The summed E-state index contributed by atoms with van der Waals surface area (Å²) < 4.78 is 42.3. The summed E-state index contributed by atoms with van der Waals surface area (Å²) in [5, 5.41) is 0.494. The molecule has 0 N–H and O–H groups in total. The molecule has 0 radical (unpaired) electrons. The number of amides is 1. The van der Waals surface area contributed by atoms with Crippen LogP contribution in [0.4, 0.5) is 13.2 Å². The minimum atomic E-state index is -4.46. The molecule has 0 aliphatic carbocycles. The summed E-state index contributed by atoms with van der Waals surface area (Å²) in [4.78, 5) is 12.7. The predicted octanol–water partition coefficient (Wildman–Crippen LogP) is 3.66. The van der Waals surface area contributed by atoms with Gasteiger partial charge in [0.25, 0.3) is 0 Å². The molecule has 0 saturated carbocycles. The number of hydrogen-bond acceptors (Lipinski definition) is 2. The van der Waals surface area contributed by atoms with Crippen LogP contribution in [0.2, 0.25) is 5.02 Å². The number of rotatable bonds is 3. The molecule has 1 aromatic carbocycles. The van der Waals surface area contributed by atoms with Crippen LogP contribution in [0.1, 0.15) is 19.3 Å². The average Bonchev–Trinajstić information content (AvgIpc) is 2.40. The maximum Gasteiger partial charge on any atom is 0.397 e. The van der Waals surface area contributed by atoms with Crippen LogP contribution in [-0.4, -0.2) is 36.2 Å². The molecular formula is C14H15ClF3NO2. The summed E-state index contributed by atoms with van der Waals surface area (Å²) in [6.45, 7) is 0.536. The van der Waals surface area contributed by atoms with Crippen molar-refractivity contribution in [3.05, 3.63) is 29.3 Å². The van der Waals surface area contributed by atoms with Crippen LogP contribution in [0.3, 0.4) is 0 Å². The van der Waals surface area contributed by atoms with Crippen LogP contribution in [0.25, 0.3) is 0 Å². The summed E-state index contributed by atoms with van der Waals surface area (Å²) in [7, 11) is 0. The lowest BCUT2D eigenvalue weighted by molar-refractivity contribution is -0.162. The van der Waals surface area contributed by atoms with Crippen molar-refractivity contribution in [1.29, 1.82) is 0 Å². The van der Waals surface area contributed by atoms with Gasteiger partial charge in [-0.1, -0.05) is 23.7 Å². The first-order valence-electron chi connectivity index (χ1n) is 6.61. The molecule has 7 heteroatoms.